The van der Waals surface area contributed by atoms with Crippen LogP contribution in [0.3, 0.4) is 0 Å². The molecule has 0 saturated heterocycles. The second-order valence-corrected chi connectivity index (χ2v) is 6.37. The van der Waals surface area contributed by atoms with E-state index in [0.29, 0.717) is 0 Å². The molecule has 2 rings (SSSR count). The number of nitro benzene ring substituents is 1. The van der Waals surface area contributed by atoms with E-state index in [1.807, 2.05) is 6.07 Å². The predicted molar refractivity (Wildman–Crippen MR) is 81.8 cm³/mol. The summed E-state index contributed by atoms with van der Waals surface area (Å²) >= 11 is 5.87. The topological polar surface area (TPSA) is 110 Å². The van der Waals surface area contributed by atoms with Gasteiger partial charge >= 0.3 is 10.1 Å². The molecule has 9 heteroatoms. The van der Waals surface area contributed by atoms with Crippen molar-refractivity contribution in [1.29, 1.82) is 5.26 Å². The van der Waals surface area contributed by atoms with Gasteiger partial charge in [-0.05, 0) is 31.2 Å². The molecule has 0 aliphatic heterocycles. The largest absolute Gasteiger partial charge is 0.377 e. The lowest BCUT2D eigenvalue weighted by Crippen LogP contribution is -2.12. The lowest BCUT2D eigenvalue weighted by Gasteiger charge is -2.10. The van der Waals surface area contributed by atoms with Crippen LogP contribution in [0.4, 0.5) is 5.69 Å². The zero-order chi connectivity index (χ0) is 17.2. The van der Waals surface area contributed by atoms with Crippen molar-refractivity contribution in [1.82, 2.24) is 0 Å². The highest BCUT2D eigenvalue weighted by Crippen LogP contribution is 2.31. The van der Waals surface area contributed by atoms with Gasteiger partial charge in [0, 0.05) is 11.6 Å². The van der Waals surface area contributed by atoms with Crippen LogP contribution in [0.2, 0.25) is 5.02 Å². The van der Waals surface area contributed by atoms with Gasteiger partial charge in [0.05, 0.1) is 21.6 Å². The fraction of sp³-hybridized carbons (Fsp3) is 0.0714. The van der Waals surface area contributed by atoms with Gasteiger partial charge in [-0.1, -0.05) is 17.7 Å². The first-order valence-corrected chi connectivity index (χ1v) is 7.93. The fourth-order valence-electron chi connectivity index (χ4n) is 1.87. The number of nitrogens with zero attached hydrogens (tertiary/aromatic N) is 2. The number of nitriles is 1. The third kappa shape index (κ3) is 3.41. The Bertz CT molecular complexity index is 935. The van der Waals surface area contributed by atoms with Crippen molar-refractivity contribution < 1.29 is 17.5 Å². The average molecular weight is 353 g/mol. The molecule has 0 saturated carbocycles. The quantitative estimate of drug-likeness (QED) is 0.474. The van der Waals surface area contributed by atoms with E-state index in [0.717, 1.165) is 0 Å². The molecule has 0 N–H and O–H groups in total. The molecule has 0 aliphatic carbocycles. The van der Waals surface area contributed by atoms with E-state index >= 15 is 0 Å². The van der Waals surface area contributed by atoms with E-state index in [2.05, 4.69) is 0 Å². The first kappa shape index (κ1) is 16.7. The number of halogens is 1. The molecule has 23 heavy (non-hydrogen) atoms. The predicted octanol–water partition coefficient (Wildman–Crippen LogP) is 3.20. The van der Waals surface area contributed by atoms with Crippen LogP contribution in [0, 0.1) is 28.4 Å². The Kier molecular flexibility index (Phi) is 4.54. The van der Waals surface area contributed by atoms with Crippen molar-refractivity contribution >= 4 is 27.4 Å². The number of hydrogen-bond donors (Lipinski definition) is 0. The second-order valence-electron chi connectivity index (χ2n) is 4.45. The minimum Gasteiger partial charge on any atom is -0.377 e. The zero-order valence-electron chi connectivity index (χ0n) is 11.7. The smallest absolute Gasteiger partial charge is 0.339 e. The van der Waals surface area contributed by atoms with Crippen LogP contribution in [-0.2, 0) is 10.1 Å². The van der Waals surface area contributed by atoms with Crippen LogP contribution in [0.25, 0.3) is 0 Å². The third-order valence-corrected chi connectivity index (χ3v) is 4.66. The second kappa shape index (κ2) is 6.24. The fourth-order valence-corrected chi connectivity index (χ4v) is 3.33. The molecule has 0 bridgehead atoms. The molecule has 0 radical (unpaired) electrons. The average Bonchev–Trinajstić information content (AvgIpc) is 2.48. The molecule has 0 aliphatic rings. The van der Waals surface area contributed by atoms with Gasteiger partial charge in [0.1, 0.15) is 4.90 Å². The van der Waals surface area contributed by atoms with Crippen LogP contribution < -0.4 is 4.18 Å². The number of nitro groups is 1. The Morgan fingerprint density at radius 1 is 1.30 bits per heavy atom. The maximum absolute atomic E-state index is 12.3. The van der Waals surface area contributed by atoms with E-state index < -0.39 is 15.0 Å². The highest BCUT2D eigenvalue weighted by molar-refractivity contribution is 7.87. The van der Waals surface area contributed by atoms with E-state index in [1.165, 1.54) is 43.3 Å². The van der Waals surface area contributed by atoms with Crippen molar-refractivity contribution in [3.05, 3.63) is 62.7 Å². The summed E-state index contributed by atoms with van der Waals surface area (Å²) in [6.07, 6.45) is 0. The lowest BCUT2D eigenvalue weighted by molar-refractivity contribution is -0.385. The minimum absolute atomic E-state index is 0.0396. The van der Waals surface area contributed by atoms with E-state index in [9.17, 15) is 18.5 Å². The van der Waals surface area contributed by atoms with Gasteiger partial charge in [-0.2, -0.15) is 13.7 Å². The first-order valence-electron chi connectivity index (χ1n) is 6.14. The van der Waals surface area contributed by atoms with Crippen LogP contribution in [-0.4, -0.2) is 13.3 Å². The highest BCUT2D eigenvalue weighted by Gasteiger charge is 2.25. The molecule has 0 fully saturated rings. The highest BCUT2D eigenvalue weighted by atomic mass is 35.5. The molecule has 118 valence electrons. The molecule has 0 heterocycles. The Hall–Kier alpha value is -2.63. The SMILES string of the molecule is Cc1c([N+](=O)[O-])cccc1S(=O)(=O)Oc1ccc(C#N)cc1Cl. The molecule has 7 nitrogen and oxygen atoms in total. The van der Waals surface area contributed by atoms with E-state index in [-0.39, 0.29) is 32.5 Å². The van der Waals surface area contributed by atoms with Crippen LogP contribution in [0.1, 0.15) is 11.1 Å². The molecule has 0 aromatic heterocycles. The summed E-state index contributed by atoms with van der Waals surface area (Å²) in [6.45, 7) is 1.31. The third-order valence-electron chi connectivity index (χ3n) is 2.98. The zero-order valence-corrected chi connectivity index (χ0v) is 13.3. The van der Waals surface area contributed by atoms with Crippen LogP contribution in [0.15, 0.2) is 41.3 Å². The molecular weight excluding hydrogens is 344 g/mol. The summed E-state index contributed by atoms with van der Waals surface area (Å²) in [5.74, 6) is -0.170. The van der Waals surface area contributed by atoms with Crippen LogP contribution in [0.5, 0.6) is 5.75 Å². The van der Waals surface area contributed by atoms with Crippen molar-refractivity contribution in [3.63, 3.8) is 0 Å². The molecule has 0 spiro atoms. The maximum atomic E-state index is 12.3. The Labute approximate surface area is 137 Å². The van der Waals surface area contributed by atoms with Gasteiger partial charge in [0.2, 0.25) is 0 Å². The minimum atomic E-state index is -4.31. The van der Waals surface area contributed by atoms with E-state index in [1.54, 1.807) is 0 Å². The lowest BCUT2D eigenvalue weighted by atomic mass is 10.2. The molecule has 2 aromatic carbocycles. The number of rotatable bonds is 4. The number of benzene rings is 2. The normalized spacial score (nSPS) is 10.8. The van der Waals surface area contributed by atoms with Gasteiger partial charge < -0.3 is 4.18 Å². The summed E-state index contributed by atoms with van der Waals surface area (Å²) in [6, 6.07) is 9.35. The van der Waals surface area contributed by atoms with Crippen molar-refractivity contribution in [3.8, 4) is 11.8 Å². The van der Waals surface area contributed by atoms with Gasteiger partial charge in [-0.15, -0.1) is 0 Å². The van der Waals surface area contributed by atoms with Crippen LogP contribution >= 0.6 is 11.6 Å². The Morgan fingerprint density at radius 3 is 2.57 bits per heavy atom. The van der Waals surface area contributed by atoms with Gasteiger partial charge in [-0.25, -0.2) is 0 Å². The van der Waals surface area contributed by atoms with Gasteiger partial charge in [0.25, 0.3) is 5.69 Å². The molecule has 0 unspecified atom stereocenters. The summed E-state index contributed by atoms with van der Waals surface area (Å²) in [7, 11) is -4.31. The van der Waals surface area contributed by atoms with Crippen molar-refractivity contribution in [2.75, 3.05) is 0 Å². The molecule has 0 amide bonds. The van der Waals surface area contributed by atoms with Gasteiger partial charge in [-0.3, -0.25) is 10.1 Å². The maximum Gasteiger partial charge on any atom is 0.339 e. The van der Waals surface area contributed by atoms with Gasteiger partial charge in [0.15, 0.2) is 5.75 Å². The van der Waals surface area contributed by atoms with Crippen molar-refractivity contribution in [2.45, 2.75) is 11.8 Å². The summed E-state index contributed by atoms with van der Waals surface area (Å²) < 4.78 is 29.6. The molecule has 2 aromatic rings. The first-order chi connectivity index (χ1) is 10.8. The standard InChI is InChI=1S/C14H9ClN2O5S/c1-9-12(17(18)19)3-2-4-14(9)23(20,21)22-13-6-5-10(8-16)7-11(13)15/h2-7H,1H3. The van der Waals surface area contributed by atoms with E-state index in [4.69, 9.17) is 21.0 Å². The summed E-state index contributed by atoms with van der Waals surface area (Å²) in [5.41, 5.74) is -0.130. The summed E-state index contributed by atoms with van der Waals surface area (Å²) in [5, 5.41) is 19.6. The molecular formula is C14H9ClN2O5S. The Morgan fingerprint density at radius 2 is 2.00 bits per heavy atom. The number of hydrogen-bond acceptors (Lipinski definition) is 6. The molecule has 0 atom stereocenters. The monoisotopic (exact) mass is 352 g/mol. The Balaban J connectivity index is 2.47. The summed E-state index contributed by atoms with van der Waals surface area (Å²) in [4.78, 5) is 9.90. The van der Waals surface area contributed by atoms with Crippen molar-refractivity contribution in [2.24, 2.45) is 0 Å².